The molecule has 0 atom stereocenters. The first-order valence-corrected chi connectivity index (χ1v) is 7.73. The standard InChI is InChI=1S/C17H20FNOS/c1-13-6-7-17(14(10-13)12-19-8-9-20-2)21-16-5-3-4-15(18)11-16/h3-7,10-11,19H,8-9,12H2,1-2H3. The van der Waals surface area contributed by atoms with Crippen molar-refractivity contribution in [2.45, 2.75) is 23.3 Å². The van der Waals surface area contributed by atoms with Crippen molar-refractivity contribution in [1.29, 1.82) is 0 Å². The Morgan fingerprint density at radius 3 is 2.81 bits per heavy atom. The molecule has 0 bridgehead atoms. The third-order valence-corrected chi connectivity index (χ3v) is 4.15. The summed E-state index contributed by atoms with van der Waals surface area (Å²) in [5.74, 6) is -0.202. The van der Waals surface area contributed by atoms with Gasteiger partial charge in [0.15, 0.2) is 0 Å². The first kappa shape index (κ1) is 16.0. The molecule has 0 amide bonds. The van der Waals surface area contributed by atoms with Gasteiger partial charge in [0, 0.05) is 30.0 Å². The summed E-state index contributed by atoms with van der Waals surface area (Å²) in [6.07, 6.45) is 0. The van der Waals surface area contributed by atoms with Crippen LogP contribution in [0.5, 0.6) is 0 Å². The van der Waals surface area contributed by atoms with Crippen molar-refractivity contribution >= 4 is 11.8 Å². The third kappa shape index (κ3) is 5.16. The number of ether oxygens (including phenoxy) is 1. The van der Waals surface area contributed by atoms with E-state index >= 15 is 0 Å². The highest BCUT2D eigenvalue weighted by atomic mass is 32.2. The molecule has 0 aliphatic rings. The van der Waals surface area contributed by atoms with Crippen molar-refractivity contribution < 1.29 is 9.13 Å². The largest absolute Gasteiger partial charge is 0.383 e. The van der Waals surface area contributed by atoms with Crippen LogP contribution in [0.15, 0.2) is 52.3 Å². The molecule has 0 saturated heterocycles. The fourth-order valence-corrected chi connectivity index (χ4v) is 2.97. The molecule has 0 fully saturated rings. The second kappa shape index (κ2) is 8.17. The molecule has 0 spiro atoms. The Balaban J connectivity index is 2.10. The minimum atomic E-state index is -0.202. The average Bonchev–Trinajstić information content (AvgIpc) is 2.46. The summed E-state index contributed by atoms with van der Waals surface area (Å²) in [5.41, 5.74) is 2.45. The minimum Gasteiger partial charge on any atom is -0.383 e. The molecule has 21 heavy (non-hydrogen) atoms. The molecule has 2 nitrogen and oxygen atoms in total. The zero-order valence-electron chi connectivity index (χ0n) is 12.4. The van der Waals surface area contributed by atoms with Gasteiger partial charge in [0.05, 0.1) is 6.61 Å². The van der Waals surface area contributed by atoms with Crippen molar-refractivity contribution in [1.82, 2.24) is 5.32 Å². The molecule has 0 radical (unpaired) electrons. The molecule has 0 heterocycles. The summed E-state index contributed by atoms with van der Waals surface area (Å²) < 4.78 is 18.3. The SMILES string of the molecule is COCCNCc1cc(C)ccc1Sc1cccc(F)c1. The zero-order valence-corrected chi connectivity index (χ0v) is 13.2. The lowest BCUT2D eigenvalue weighted by Crippen LogP contribution is -2.19. The van der Waals surface area contributed by atoms with E-state index < -0.39 is 0 Å². The summed E-state index contributed by atoms with van der Waals surface area (Å²) in [7, 11) is 1.69. The van der Waals surface area contributed by atoms with Gasteiger partial charge in [0.2, 0.25) is 0 Å². The maximum atomic E-state index is 13.3. The molecule has 2 aromatic rings. The Morgan fingerprint density at radius 2 is 2.05 bits per heavy atom. The molecule has 0 aromatic heterocycles. The second-order valence-electron chi connectivity index (χ2n) is 4.84. The van der Waals surface area contributed by atoms with Gasteiger partial charge in [-0.05, 0) is 36.8 Å². The highest BCUT2D eigenvalue weighted by Gasteiger charge is 2.06. The van der Waals surface area contributed by atoms with Crippen LogP contribution in [0, 0.1) is 12.7 Å². The van der Waals surface area contributed by atoms with Crippen molar-refractivity contribution in [3.05, 3.63) is 59.4 Å². The lowest BCUT2D eigenvalue weighted by atomic mass is 10.1. The number of nitrogens with one attached hydrogen (secondary N) is 1. The van der Waals surface area contributed by atoms with E-state index in [9.17, 15) is 4.39 Å². The molecule has 0 saturated carbocycles. The van der Waals surface area contributed by atoms with E-state index in [-0.39, 0.29) is 5.82 Å². The van der Waals surface area contributed by atoms with Gasteiger partial charge in [-0.2, -0.15) is 0 Å². The zero-order chi connectivity index (χ0) is 15.1. The molecular formula is C17H20FNOS. The highest BCUT2D eigenvalue weighted by molar-refractivity contribution is 7.99. The van der Waals surface area contributed by atoms with Gasteiger partial charge in [-0.15, -0.1) is 0 Å². The molecule has 1 N–H and O–H groups in total. The first-order valence-electron chi connectivity index (χ1n) is 6.91. The topological polar surface area (TPSA) is 21.3 Å². The van der Waals surface area contributed by atoms with Crippen molar-refractivity contribution in [2.24, 2.45) is 0 Å². The van der Waals surface area contributed by atoms with Gasteiger partial charge in [-0.1, -0.05) is 35.5 Å². The van der Waals surface area contributed by atoms with E-state index in [1.807, 2.05) is 6.07 Å². The summed E-state index contributed by atoms with van der Waals surface area (Å²) in [5, 5.41) is 3.35. The van der Waals surface area contributed by atoms with Crippen LogP contribution < -0.4 is 5.32 Å². The van der Waals surface area contributed by atoms with Gasteiger partial charge in [-0.25, -0.2) is 4.39 Å². The first-order chi connectivity index (χ1) is 10.2. The molecule has 4 heteroatoms. The summed E-state index contributed by atoms with van der Waals surface area (Å²) >= 11 is 1.59. The van der Waals surface area contributed by atoms with Crippen molar-refractivity contribution in [2.75, 3.05) is 20.3 Å². The average molecular weight is 305 g/mol. The fraction of sp³-hybridized carbons (Fsp3) is 0.294. The maximum Gasteiger partial charge on any atom is 0.124 e. The van der Waals surface area contributed by atoms with Crippen LogP contribution in [-0.2, 0) is 11.3 Å². The number of aryl methyl sites for hydroxylation is 1. The summed E-state index contributed by atoms with van der Waals surface area (Å²) in [6.45, 7) is 4.37. The highest BCUT2D eigenvalue weighted by Crippen LogP contribution is 2.31. The molecular weight excluding hydrogens is 285 g/mol. The number of hydrogen-bond donors (Lipinski definition) is 1. The van der Waals surface area contributed by atoms with Crippen LogP contribution in [-0.4, -0.2) is 20.3 Å². The molecule has 0 unspecified atom stereocenters. The van der Waals surface area contributed by atoms with Crippen molar-refractivity contribution in [3.63, 3.8) is 0 Å². The van der Waals surface area contributed by atoms with Gasteiger partial charge in [0.1, 0.15) is 5.82 Å². The second-order valence-corrected chi connectivity index (χ2v) is 5.96. The Kier molecular flexibility index (Phi) is 6.23. The Morgan fingerprint density at radius 1 is 1.19 bits per heavy atom. The van der Waals surface area contributed by atoms with E-state index in [1.54, 1.807) is 31.0 Å². The van der Waals surface area contributed by atoms with Crippen LogP contribution in [0.25, 0.3) is 0 Å². The number of hydrogen-bond acceptors (Lipinski definition) is 3. The van der Waals surface area contributed by atoms with E-state index in [4.69, 9.17) is 4.74 Å². The Labute approximate surface area is 129 Å². The lowest BCUT2D eigenvalue weighted by molar-refractivity contribution is 0.199. The lowest BCUT2D eigenvalue weighted by Gasteiger charge is -2.11. The monoisotopic (exact) mass is 305 g/mol. The van der Waals surface area contributed by atoms with E-state index in [1.165, 1.54) is 17.2 Å². The Bertz CT molecular complexity index is 589. The van der Waals surface area contributed by atoms with E-state index in [2.05, 4.69) is 30.4 Å². The van der Waals surface area contributed by atoms with Crippen molar-refractivity contribution in [3.8, 4) is 0 Å². The smallest absolute Gasteiger partial charge is 0.124 e. The van der Waals surface area contributed by atoms with Gasteiger partial charge in [-0.3, -0.25) is 0 Å². The molecule has 2 rings (SSSR count). The predicted molar refractivity (Wildman–Crippen MR) is 85.3 cm³/mol. The molecule has 0 aliphatic heterocycles. The summed E-state index contributed by atoms with van der Waals surface area (Å²) in [6, 6.07) is 13.0. The minimum absolute atomic E-state index is 0.202. The van der Waals surface area contributed by atoms with E-state index in [0.29, 0.717) is 6.61 Å². The number of methoxy groups -OCH3 is 1. The molecule has 2 aromatic carbocycles. The quantitative estimate of drug-likeness (QED) is 0.781. The maximum absolute atomic E-state index is 13.3. The molecule has 112 valence electrons. The predicted octanol–water partition coefficient (Wildman–Crippen LogP) is 4.02. The van der Waals surface area contributed by atoms with E-state index in [0.717, 1.165) is 22.9 Å². The Hall–Kier alpha value is -1.36. The molecule has 0 aliphatic carbocycles. The summed E-state index contributed by atoms with van der Waals surface area (Å²) in [4.78, 5) is 2.06. The normalized spacial score (nSPS) is 10.8. The van der Waals surface area contributed by atoms with Gasteiger partial charge in [0.25, 0.3) is 0 Å². The van der Waals surface area contributed by atoms with Crippen LogP contribution >= 0.6 is 11.8 Å². The number of rotatable bonds is 7. The van der Waals surface area contributed by atoms with Crippen LogP contribution in [0.4, 0.5) is 4.39 Å². The number of benzene rings is 2. The fourth-order valence-electron chi connectivity index (χ4n) is 2.00. The van der Waals surface area contributed by atoms with Crippen LogP contribution in [0.1, 0.15) is 11.1 Å². The van der Waals surface area contributed by atoms with Gasteiger partial charge >= 0.3 is 0 Å². The number of halogens is 1. The van der Waals surface area contributed by atoms with Crippen LogP contribution in [0.3, 0.4) is 0 Å². The van der Waals surface area contributed by atoms with Gasteiger partial charge < -0.3 is 10.1 Å². The van der Waals surface area contributed by atoms with Crippen LogP contribution in [0.2, 0.25) is 0 Å². The third-order valence-electron chi connectivity index (χ3n) is 3.04.